The van der Waals surface area contributed by atoms with Crippen LogP contribution in [-0.2, 0) is 28.7 Å². The molecule has 2 aliphatic rings. The predicted octanol–water partition coefficient (Wildman–Crippen LogP) is 6.56. The van der Waals surface area contributed by atoms with Gasteiger partial charge in [0.2, 0.25) is 0 Å². The van der Waals surface area contributed by atoms with Crippen LogP contribution in [-0.4, -0.2) is 40.7 Å². The third kappa shape index (κ3) is 5.04. The summed E-state index contributed by atoms with van der Waals surface area (Å²) in [6.45, 7) is 0.194. The number of esters is 1. The van der Waals surface area contributed by atoms with E-state index in [1.54, 1.807) is 30.3 Å². The molecule has 1 unspecified atom stereocenters. The van der Waals surface area contributed by atoms with Crippen molar-refractivity contribution in [3.63, 3.8) is 0 Å². The summed E-state index contributed by atoms with van der Waals surface area (Å²) in [6.07, 6.45) is -1.75. The molecule has 202 valence electrons. The van der Waals surface area contributed by atoms with Crippen molar-refractivity contribution >= 4 is 23.0 Å². The third-order valence-electron chi connectivity index (χ3n) is 7.68. The fourth-order valence-electron chi connectivity index (χ4n) is 5.82. The minimum absolute atomic E-state index is 0.0239. The molecular formula is C28H29F3N2O5. The minimum Gasteiger partial charge on any atom is -0.489 e. The molecule has 0 bridgehead atoms. The fraction of sp³-hybridized carbons (Fsp3) is 0.429. The maximum Gasteiger partial charge on any atom is 0.416 e. The molecular weight excluding hydrogens is 501 g/mol. The molecule has 1 fully saturated rings. The number of aromatic nitrogens is 1. The number of methoxy groups -OCH3 is 1. The number of H-pyrrole nitrogens is 1. The lowest BCUT2D eigenvalue weighted by Crippen LogP contribution is -2.40. The molecule has 2 aromatic carbocycles. The van der Waals surface area contributed by atoms with E-state index in [0.717, 1.165) is 42.1 Å². The molecule has 0 spiro atoms. The zero-order valence-corrected chi connectivity index (χ0v) is 20.9. The summed E-state index contributed by atoms with van der Waals surface area (Å²) in [5.74, 6) is -0.0873. The Morgan fingerprint density at radius 2 is 1.89 bits per heavy atom. The molecule has 1 atom stereocenters. The van der Waals surface area contributed by atoms with Gasteiger partial charge in [-0.15, -0.1) is 0 Å². The molecule has 1 amide bonds. The molecule has 1 saturated carbocycles. The first-order valence-corrected chi connectivity index (χ1v) is 12.7. The molecule has 1 aliphatic heterocycles. The van der Waals surface area contributed by atoms with Crippen LogP contribution in [0.5, 0.6) is 5.75 Å². The van der Waals surface area contributed by atoms with Gasteiger partial charge in [-0.05, 0) is 66.1 Å². The number of amides is 1. The first-order valence-electron chi connectivity index (χ1n) is 12.7. The summed E-state index contributed by atoms with van der Waals surface area (Å²) in [6, 6.07) is 9.09. The Morgan fingerprint density at radius 1 is 1.13 bits per heavy atom. The van der Waals surface area contributed by atoms with Crippen molar-refractivity contribution in [2.45, 2.75) is 63.3 Å². The molecule has 7 nitrogen and oxygen atoms in total. The summed E-state index contributed by atoms with van der Waals surface area (Å²) >= 11 is 0. The highest BCUT2D eigenvalue weighted by Gasteiger charge is 2.37. The summed E-state index contributed by atoms with van der Waals surface area (Å²) in [4.78, 5) is 28.2. The Kier molecular flexibility index (Phi) is 6.98. The van der Waals surface area contributed by atoms with E-state index >= 15 is 0 Å². The van der Waals surface area contributed by atoms with E-state index in [1.807, 2.05) is 0 Å². The van der Waals surface area contributed by atoms with Crippen molar-refractivity contribution in [3.8, 4) is 5.75 Å². The summed E-state index contributed by atoms with van der Waals surface area (Å²) in [5, 5.41) is 10.5. The molecule has 0 radical (unpaired) electrons. The van der Waals surface area contributed by atoms with Crippen LogP contribution in [0.25, 0.3) is 10.9 Å². The van der Waals surface area contributed by atoms with Crippen molar-refractivity contribution in [1.82, 2.24) is 9.88 Å². The lowest BCUT2D eigenvalue weighted by molar-refractivity contribution is -0.142. The number of carbonyl (C=O) groups excluding carboxylic acids is 1. The lowest BCUT2D eigenvalue weighted by Gasteiger charge is -2.33. The zero-order chi connectivity index (χ0) is 27.0. The molecule has 3 aromatic rings. The van der Waals surface area contributed by atoms with Crippen LogP contribution in [0, 0.1) is 0 Å². The van der Waals surface area contributed by atoms with Gasteiger partial charge in [-0.1, -0.05) is 25.0 Å². The van der Waals surface area contributed by atoms with Gasteiger partial charge >= 0.3 is 18.2 Å². The van der Waals surface area contributed by atoms with Crippen LogP contribution in [0.1, 0.15) is 72.0 Å². The van der Waals surface area contributed by atoms with Gasteiger partial charge in [0.15, 0.2) is 0 Å². The quantitative estimate of drug-likeness (QED) is 0.352. The number of nitrogens with zero attached hydrogens (tertiary/aromatic N) is 1. The first kappa shape index (κ1) is 25.9. The van der Waals surface area contributed by atoms with Gasteiger partial charge in [0.25, 0.3) is 0 Å². The van der Waals surface area contributed by atoms with Crippen molar-refractivity contribution in [1.29, 1.82) is 0 Å². The van der Waals surface area contributed by atoms with Crippen LogP contribution in [0.2, 0.25) is 0 Å². The maximum absolute atomic E-state index is 13.8. The van der Waals surface area contributed by atoms with Crippen LogP contribution < -0.4 is 4.74 Å². The number of hydrogen-bond donors (Lipinski definition) is 2. The molecule has 2 N–H and O–H groups in total. The molecule has 38 heavy (non-hydrogen) atoms. The van der Waals surface area contributed by atoms with Crippen molar-refractivity contribution in [2.75, 3.05) is 13.7 Å². The van der Waals surface area contributed by atoms with Crippen molar-refractivity contribution in [3.05, 3.63) is 64.3 Å². The van der Waals surface area contributed by atoms with E-state index in [2.05, 4.69) is 4.98 Å². The molecule has 1 aliphatic carbocycles. The van der Waals surface area contributed by atoms with E-state index in [0.29, 0.717) is 29.0 Å². The standard InChI is InChI=1S/C28H29F3N2O5/c1-37-25(34)14-24-26-20(10-11-33(24)27(35)36)21-13-18(7-9-23(21)32-26)38-15-16-6-8-19(17-4-2-3-5-17)22(12-16)28(29,30)31/h6-9,12-13,17,24,32H,2-5,10-11,14-15H2,1H3,(H,35,36). The second-order valence-corrected chi connectivity index (χ2v) is 9.94. The molecule has 2 heterocycles. The number of nitrogens with one attached hydrogen (secondary N) is 1. The maximum atomic E-state index is 13.8. The highest BCUT2D eigenvalue weighted by atomic mass is 19.4. The fourth-order valence-corrected chi connectivity index (χ4v) is 5.82. The van der Waals surface area contributed by atoms with E-state index in [4.69, 9.17) is 9.47 Å². The Balaban J connectivity index is 1.39. The largest absolute Gasteiger partial charge is 0.489 e. The van der Waals surface area contributed by atoms with Gasteiger partial charge in [-0.2, -0.15) is 13.2 Å². The SMILES string of the molecule is COC(=O)CC1c2[nH]c3ccc(OCc4ccc(C5CCCC5)c(C(F)(F)F)c4)cc3c2CCN1C(=O)O. The van der Waals surface area contributed by atoms with Crippen LogP contribution >= 0.6 is 0 Å². The highest BCUT2D eigenvalue weighted by molar-refractivity contribution is 5.87. The number of alkyl halides is 3. The third-order valence-corrected chi connectivity index (χ3v) is 7.68. The number of rotatable bonds is 6. The summed E-state index contributed by atoms with van der Waals surface area (Å²) in [7, 11) is 1.26. The van der Waals surface area contributed by atoms with E-state index in [-0.39, 0.29) is 25.5 Å². The van der Waals surface area contributed by atoms with Gasteiger partial charge in [0.1, 0.15) is 12.4 Å². The van der Waals surface area contributed by atoms with Gasteiger partial charge in [0.05, 0.1) is 25.1 Å². The Labute approximate surface area is 217 Å². The molecule has 10 heteroatoms. The van der Waals surface area contributed by atoms with Crippen LogP contribution in [0.3, 0.4) is 0 Å². The van der Waals surface area contributed by atoms with E-state index < -0.39 is 29.8 Å². The van der Waals surface area contributed by atoms with Crippen LogP contribution in [0.4, 0.5) is 18.0 Å². The Morgan fingerprint density at radius 3 is 2.58 bits per heavy atom. The topological polar surface area (TPSA) is 91.9 Å². The monoisotopic (exact) mass is 530 g/mol. The van der Waals surface area contributed by atoms with E-state index in [9.17, 15) is 27.9 Å². The number of fused-ring (bicyclic) bond motifs is 3. The number of halogens is 3. The number of carbonyl (C=O) groups is 2. The minimum atomic E-state index is -4.43. The van der Waals surface area contributed by atoms with Gasteiger partial charge < -0.3 is 19.6 Å². The van der Waals surface area contributed by atoms with Gasteiger partial charge in [-0.3, -0.25) is 9.69 Å². The molecule has 0 saturated heterocycles. The predicted molar refractivity (Wildman–Crippen MR) is 133 cm³/mol. The van der Waals surface area contributed by atoms with Gasteiger partial charge in [0, 0.05) is 23.1 Å². The second kappa shape index (κ2) is 10.2. The second-order valence-electron chi connectivity index (χ2n) is 9.94. The number of benzene rings is 2. The summed E-state index contributed by atoms with van der Waals surface area (Å²) in [5.41, 5.74) is 2.50. The zero-order valence-electron chi connectivity index (χ0n) is 20.9. The lowest BCUT2D eigenvalue weighted by atomic mass is 9.91. The normalized spacial score (nSPS) is 18.0. The number of carboxylic acid groups (broad SMARTS) is 1. The van der Waals surface area contributed by atoms with Gasteiger partial charge in [-0.25, -0.2) is 4.79 Å². The number of hydrogen-bond acceptors (Lipinski definition) is 4. The number of ether oxygens (including phenoxy) is 2. The highest BCUT2D eigenvalue weighted by Crippen LogP contribution is 2.42. The Hall–Kier alpha value is -3.69. The number of aromatic amines is 1. The first-order chi connectivity index (χ1) is 18.2. The average Bonchev–Trinajstić information content (AvgIpc) is 3.55. The Bertz CT molecular complexity index is 1360. The summed E-state index contributed by atoms with van der Waals surface area (Å²) < 4.78 is 52.2. The van der Waals surface area contributed by atoms with Crippen LogP contribution in [0.15, 0.2) is 36.4 Å². The average molecular weight is 531 g/mol. The smallest absolute Gasteiger partial charge is 0.416 e. The van der Waals surface area contributed by atoms with Crippen molar-refractivity contribution in [2.24, 2.45) is 0 Å². The van der Waals surface area contributed by atoms with E-state index in [1.165, 1.54) is 18.1 Å². The molecule has 1 aromatic heterocycles. The van der Waals surface area contributed by atoms with Crippen molar-refractivity contribution < 1.29 is 37.3 Å². The molecule has 5 rings (SSSR count).